The average molecular weight is 2090 g/mol. The molecule has 0 spiro atoms. The lowest BCUT2D eigenvalue weighted by atomic mass is 9.79. The fourth-order valence-electron chi connectivity index (χ4n) is 15.7. The van der Waals surface area contributed by atoms with Crippen LogP contribution in [0.1, 0.15) is 433 Å². The minimum Gasteiger partial charge on any atom is -0.493 e. The van der Waals surface area contributed by atoms with E-state index in [4.69, 9.17) is 180 Å². The van der Waals surface area contributed by atoms with Gasteiger partial charge in [0.2, 0.25) is 0 Å². The summed E-state index contributed by atoms with van der Waals surface area (Å²) < 4.78 is 843. The zero-order valence-electron chi connectivity index (χ0n) is 173. The summed E-state index contributed by atoms with van der Waals surface area (Å²) in [6.45, 7) is -33.6. The van der Waals surface area contributed by atoms with Crippen LogP contribution in [0, 0.1) is 70.9 Å². The number of carbonyl (C=O) groups is 6. The Kier molecular flexibility index (Phi) is 15.8. The van der Waals surface area contributed by atoms with Crippen LogP contribution in [0.2, 0.25) is 0 Å². The molecule has 144 heavy (non-hydrogen) atoms. The lowest BCUT2D eigenvalue weighted by Gasteiger charge is -2.43. The zero-order chi connectivity index (χ0) is 184. The molecule has 6 aromatic rings. The van der Waals surface area contributed by atoms with E-state index >= 15 is 0 Å². The molecule has 12 aliphatic rings. The van der Waals surface area contributed by atoms with E-state index in [0.717, 1.165) is 72.6 Å². The normalized spacial score (nSPS) is 45.8. The fourth-order valence-corrected chi connectivity index (χ4v) is 15.7. The zero-order valence-corrected chi connectivity index (χ0v) is 78.8. The van der Waals surface area contributed by atoms with Crippen LogP contribution >= 0.6 is 0 Å². The SMILES string of the molecule is C.C.C.[2H]C([2H])([2H])Oc1cc2c(cc1OC)C1CC(=O)C(CC(C)C)CN1CC2.[2H]c1c(OC([2H])([2H])[2H])c(OC)c([2H])c2c1C1([2H])CC(=O)C(C([2H])([2H])C([2H])(C([2H])([2H])[2H])C([2H])([2H])C)C([2H])([2H])N1C([2H])([2H])C2([2H])[2H].[2H]c1c(OC([2H])([2H])[2H])c(OC)c([2H])c2c1C1([2H])CC(=O)C(CC(C)C)C([2H])([2H])N1C([2H])([2H])C2([2H])[2H].[2H]c1c(OC)c(OC([2H])([2H])[2H])c([2H])c2c1C([2H])([2H])C([2H])([2H])N1C([2H])([2H])C([2H])(C([2H])([2H])C([2H])(C([2H])([2H])[2H])C([2H])([2H])C)C(=O)C([2H])([2H])C21[2H].[2H]c1c(OC)c(OC([2H])([2H])[2H])c([2H])c2c1C([2H])([2H])C([2H])([2H])N1C([2H])([2H])C([2H])(CC(C)C)C(=O)C([2H])([2H])C21[2H].[2H]c1c(OC)c(OC([2H])([2H])[2H])c([2H])c2c1C([2H])([2H])C([2H])([2H])N1CC([2H])(C([2H])([2H])C([2H])(C([2H])([2H])[2H])C([2H])([2H])C)C(=O)C([2H])([2H])C21[2H]. The van der Waals surface area contributed by atoms with E-state index in [1.807, 2.05) is 6.07 Å². The van der Waals surface area contributed by atoms with E-state index in [0.29, 0.717) is 49.5 Å². The minimum absolute atomic E-state index is 0. The van der Waals surface area contributed by atoms with Gasteiger partial charge in [-0.25, -0.2) is 0 Å². The second-order valence-electron chi connectivity index (χ2n) is 32.9. The molecule has 0 saturated carbocycles. The molecule has 6 aromatic carbocycles. The summed E-state index contributed by atoms with van der Waals surface area (Å²) in [6, 6.07) is -25.3. The topological polar surface area (TPSA) is 233 Å². The first-order valence-corrected chi connectivity index (χ1v) is 43.3. The van der Waals surface area contributed by atoms with E-state index in [1.165, 1.54) is 21.0 Å². The van der Waals surface area contributed by atoms with Gasteiger partial charge in [0.05, 0.1) is 130 Å². The number of ether oxygens (including phenoxy) is 12. The monoisotopic (exact) mass is 2090 g/mol. The Labute approximate surface area is 996 Å². The third-order valence-corrected chi connectivity index (χ3v) is 22.4. The highest BCUT2D eigenvalue weighted by Crippen LogP contribution is 2.51. The predicted octanol–water partition coefficient (Wildman–Crippen LogP) is 22.5. The third-order valence-electron chi connectivity index (χ3n) is 22.4. The summed E-state index contributed by atoms with van der Waals surface area (Å²) in [5, 5.41) is 0. The molecule has 15 unspecified atom stereocenters. The number of ketones is 6. The first kappa shape index (κ1) is 42.6. The second kappa shape index (κ2) is 53.5. The summed E-state index contributed by atoms with van der Waals surface area (Å²) in [7, 11) is -13.0. The lowest BCUT2D eigenvalue weighted by Crippen LogP contribution is -2.46. The highest BCUT2D eigenvalue weighted by Gasteiger charge is 2.47. The Morgan fingerprint density at radius 2 is 0.660 bits per heavy atom. The first-order chi connectivity index (χ1) is 104. The van der Waals surface area contributed by atoms with Crippen molar-refractivity contribution in [3.8, 4) is 69.0 Å². The molecule has 6 saturated heterocycles. The van der Waals surface area contributed by atoms with Crippen molar-refractivity contribution in [1.29, 1.82) is 0 Å². The van der Waals surface area contributed by atoms with Crippen LogP contribution in [0.3, 0.4) is 0 Å². The van der Waals surface area contributed by atoms with Crippen LogP contribution in [-0.4, -0.2) is 227 Å². The van der Waals surface area contributed by atoms with E-state index in [1.54, 1.807) is 19.9 Å². The standard InChI is InChI=1S/3C20H29NO3.3C19H27NO3.3CH4/c3*1-5-13(2)8-15-12-21-7-6-14-9-19(23-3)20(24-4)10-16(14)17(21)11-18(15)22;3*1-12(2)7-14-11-20-6-5-13-8-18(22-3)19(23-4)9-15(13)16(20)10-17(14)21;;;/h3*9-10,13,15,17H,5-8,11-12H2,1-4H3;3*8-9,12,14,16H,5-7,10-11H2,1-4H3;3*1H4/i2D3,4D3,5D2,6D2,7D2,8D2,9D,10D,11D2,12D2,13D,15D,17D;2D3,4D3,5D2,6D2,7D2,8D2,9D,10D,11D2,13D,15D,17D;2D3,4D3,5D2,6D2,7D2,8D2,9D,10D,12D2,13D,17D;4D3,5D2,6D2,8D,9D,10D2,11D2,14D,16D;4D3,5D2,6D2,8D,9D,11D2,16D;3D3;;;. The number of nitrogens with zero attached hydrogens (tertiary/aromatic N) is 6. The molecule has 6 fully saturated rings. The minimum atomic E-state index is -4.70. The Morgan fingerprint density at radius 1 is 0.340 bits per heavy atom. The largest absolute Gasteiger partial charge is 0.493 e. The molecule has 24 heteroatoms. The van der Waals surface area contributed by atoms with E-state index in [-0.39, 0.29) is 67.0 Å². The van der Waals surface area contributed by atoms with Crippen molar-refractivity contribution in [1.82, 2.24) is 29.4 Å². The molecule has 15 atom stereocenters. The smallest absolute Gasteiger partial charge is 0.161 e. The quantitative estimate of drug-likeness (QED) is 0.0466. The van der Waals surface area contributed by atoms with Gasteiger partial charge in [0, 0.05) is 272 Å². The van der Waals surface area contributed by atoms with Gasteiger partial charge in [-0.15, -0.1) is 0 Å². The number of hydrogen-bond donors (Lipinski definition) is 0. The third kappa shape index (κ3) is 27.2. The molecule has 24 nitrogen and oxygen atoms in total. The van der Waals surface area contributed by atoms with Crippen molar-refractivity contribution in [3.05, 3.63) is 139 Å². The van der Waals surface area contributed by atoms with Crippen LogP contribution < -0.4 is 56.8 Å². The molecule has 18 rings (SSSR count). The molecule has 0 aromatic heterocycles. The van der Waals surface area contributed by atoms with Crippen molar-refractivity contribution >= 4 is 34.7 Å². The first-order valence-electron chi connectivity index (χ1n) is 90.3. The summed E-state index contributed by atoms with van der Waals surface area (Å²) in [5.74, 6) is -46.1. The van der Waals surface area contributed by atoms with Crippen LogP contribution in [0.5, 0.6) is 69.0 Å². The van der Waals surface area contributed by atoms with E-state index < -0.39 is 527 Å². The van der Waals surface area contributed by atoms with Crippen molar-refractivity contribution in [2.75, 3.05) is 163 Å². The van der Waals surface area contributed by atoms with Gasteiger partial charge in [0.1, 0.15) is 34.7 Å². The number of hydrogen-bond acceptors (Lipinski definition) is 24. The number of fused-ring (bicyclic) bond motifs is 18. The molecule has 0 aliphatic carbocycles. The maximum Gasteiger partial charge on any atom is 0.161 e. The number of carbonyl (C=O) groups excluding carboxylic acids is 6. The number of benzene rings is 6. The maximum atomic E-state index is 14.2. The molecular weight excluding hydrogens is 1810 g/mol. The Bertz CT molecular complexity index is 9980. The summed E-state index contributed by atoms with van der Waals surface area (Å²) in [4.78, 5) is 82.6. The summed E-state index contributed by atoms with van der Waals surface area (Å²) in [5.41, 5.74) is -9.32. The van der Waals surface area contributed by atoms with Gasteiger partial charge in [0.15, 0.2) is 69.0 Å². The van der Waals surface area contributed by atoms with Crippen molar-refractivity contribution in [3.63, 3.8) is 0 Å². The van der Waals surface area contributed by atoms with Crippen LogP contribution in [0.15, 0.2) is 72.6 Å². The van der Waals surface area contributed by atoms with Crippen LogP contribution in [0.4, 0.5) is 0 Å². The Morgan fingerprint density at radius 3 is 1.06 bits per heavy atom. The van der Waals surface area contributed by atoms with Crippen LogP contribution in [0.25, 0.3) is 0 Å². The molecule has 12 aliphatic heterocycles. The molecule has 12 heterocycles. The number of rotatable bonds is 27. The number of piperidine rings is 6. The number of Topliss-reactive ketones (excluding diaryl/α,β-unsaturated/α-hetero) is 6. The molecule has 0 N–H and O–H groups in total. The van der Waals surface area contributed by atoms with Gasteiger partial charge in [0.25, 0.3) is 0 Å². The Balaban J connectivity index is 0.000000281. The van der Waals surface area contributed by atoms with E-state index in [9.17, 15) is 34.3 Å². The highest BCUT2D eigenvalue weighted by atomic mass is 16.5. The molecule has 0 bridgehead atoms. The summed E-state index contributed by atoms with van der Waals surface area (Å²) >= 11 is 0. The number of methoxy groups -OCH3 is 12. The van der Waals surface area contributed by atoms with Gasteiger partial charge in [-0.2, -0.15) is 0 Å². The lowest BCUT2D eigenvalue weighted by molar-refractivity contribution is -0.130. The van der Waals surface area contributed by atoms with Gasteiger partial charge < -0.3 is 56.8 Å². The Hall–Kier alpha value is -9.30. The van der Waals surface area contributed by atoms with Crippen molar-refractivity contribution in [2.24, 2.45) is 70.9 Å². The van der Waals surface area contributed by atoms with Gasteiger partial charge >= 0.3 is 0 Å². The molecular formula is C120H180N6O18. The second-order valence-corrected chi connectivity index (χ2v) is 32.9. The molecule has 0 amide bonds. The highest BCUT2D eigenvalue weighted by molar-refractivity contribution is 5.86. The molecule has 0 radical (unpaired) electrons. The van der Waals surface area contributed by atoms with Gasteiger partial charge in [-0.05, 0) is 251 Å². The van der Waals surface area contributed by atoms with Crippen LogP contribution in [-0.2, 0) is 67.1 Å². The fraction of sp³-hybridized carbons (Fsp3) is 0.650. The van der Waals surface area contributed by atoms with E-state index in [2.05, 4.69) is 18.7 Å². The van der Waals surface area contributed by atoms with Crippen molar-refractivity contribution < 1.29 is 214 Å². The van der Waals surface area contributed by atoms with Gasteiger partial charge in [-0.1, -0.05) is 124 Å². The molecule has 798 valence electrons. The average Bonchev–Trinajstić information content (AvgIpc) is 0.630. The predicted molar refractivity (Wildman–Crippen MR) is 575 cm³/mol. The van der Waals surface area contributed by atoms with Crippen molar-refractivity contribution in [2.45, 2.75) is 275 Å². The summed E-state index contributed by atoms with van der Waals surface area (Å²) in [6.07, 6.45) is -53.7. The maximum absolute atomic E-state index is 14.2. The van der Waals surface area contributed by atoms with Gasteiger partial charge in [-0.3, -0.25) is 58.2 Å².